The van der Waals surface area contributed by atoms with Crippen molar-refractivity contribution in [3.8, 4) is 0 Å². The molecule has 0 radical (unpaired) electrons. The molecule has 2 aromatic rings. The number of aryl methyl sites for hydroxylation is 1. The highest BCUT2D eigenvalue weighted by Crippen LogP contribution is 2.44. The van der Waals surface area contributed by atoms with Crippen LogP contribution < -0.4 is 10.6 Å². The molecule has 29 heavy (non-hydrogen) atoms. The van der Waals surface area contributed by atoms with Gasteiger partial charge in [0.15, 0.2) is 5.78 Å². The number of hydrogen-bond acceptors (Lipinski definition) is 3. The van der Waals surface area contributed by atoms with Gasteiger partial charge in [0.25, 0.3) is 0 Å². The van der Waals surface area contributed by atoms with Crippen molar-refractivity contribution < 1.29 is 27.9 Å². The molecule has 10 heteroatoms. The number of halogens is 5. The predicted molar refractivity (Wildman–Crippen MR) is 101 cm³/mol. The normalized spacial score (nSPS) is 24.6. The fraction of sp³-hybridized carbons (Fsp3) is 0.263. The Balaban J connectivity index is 2.17. The molecule has 1 aliphatic rings. The summed E-state index contributed by atoms with van der Waals surface area (Å²) < 4.78 is 41.5. The van der Waals surface area contributed by atoms with Crippen molar-refractivity contribution in [2.75, 3.05) is 0 Å². The van der Waals surface area contributed by atoms with Crippen LogP contribution in [0.4, 0.5) is 18.0 Å². The van der Waals surface area contributed by atoms with Crippen molar-refractivity contribution in [3.63, 3.8) is 0 Å². The van der Waals surface area contributed by atoms with E-state index in [1.165, 1.54) is 35.6 Å². The van der Waals surface area contributed by atoms with Crippen LogP contribution in [0.2, 0.25) is 10.0 Å². The van der Waals surface area contributed by atoms with E-state index in [-0.39, 0.29) is 21.2 Å². The molecule has 0 aliphatic carbocycles. The van der Waals surface area contributed by atoms with E-state index < -0.39 is 35.7 Å². The number of amides is 2. The van der Waals surface area contributed by atoms with Crippen molar-refractivity contribution >= 4 is 35.0 Å². The zero-order chi connectivity index (χ0) is 21.6. The standard InChI is InChI=1S/C19H15Cl2F3N2O3/c1-9-2-4-10(5-3-9)16(27)14-15(11-6-7-12(20)13(21)8-11)25-17(28)26-18(14,29)19(22,23)24/h2-8,14-15,29H,1H3,(H2,25,26,28). The molecule has 0 saturated carbocycles. The third-order valence-electron chi connectivity index (χ3n) is 4.73. The van der Waals surface area contributed by atoms with E-state index in [1.807, 2.05) is 0 Å². The Morgan fingerprint density at radius 2 is 1.72 bits per heavy atom. The highest BCUT2D eigenvalue weighted by atomic mass is 35.5. The summed E-state index contributed by atoms with van der Waals surface area (Å²) >= 11 is 11.8. The Bertz CT molecular complexity index is 966. The maximum atomic E-state index is 13.8. The monoisotopic (exact) mass is 446 g/mol. The smallest absolute Gasteiger partial charge is 0.363 e. The molecular formula is C19H15Cl2F3N2O3. The number of Topliss-reactive ketones (excluding diaryl/α,β-unsaturated/α-hetero) is 1. The minimum atomic E-state index is -5.33. The van der Waals surface area contributed by atoms with E-state index in [1.54, 1.807) is 19.1 Å². The highest BCUT2D eigenvalue weighted by molar-refractivity contribution is 6.42. The van der Waals surface area contributed by atoms with Gasteiger partial charge in [0.1, 0.15) is 5.92 Å². The number of ketones is 1. The van der Waals surface area contributed by atoms with E-state index >= 15 is 0 Å². The first kappa shape index (κ1) is 21.4. The van der Waals surface area contributed by atoms with E-state index in [9.17, 15) is 27.9 Å². The van der Waals surface area contributed by atoms with Gasteiger partial charge in [0.2, 0.25) is 5.72 Å². The second-order valence-electron chi connectivity index (χ2n) is 6.72. The molecule has 0 aromatic heterocycles. The number of hydrogen-bond donors (Lipinski definition) is 3. The van der Waals surface area contributed by atoms with Crippen LogP contribution in [0.15, 0.2) is 42.5 Å². The molecule has 1 saturated heterocycles. The first-order valence-electron chi connectivity index (χ1n) is 8.37. The minimum Gasteiger partial charge on any atom is -0.363 e. The third kappa shape index (κ3) is 3.92. The summed E-state index contributed by atoms with van der Waals surface area (Å²) in [7, 11) is 0. The highest BCUT2D eigenvalue weighted by Gasteiger charge is 2.66. The summed E-state index contributed by atoms with van der Waals surface area (Å²) in [6.45, 7) is 1.75. The molecule has 2 aromatic carbocycles. The van der Waals surface area contributed by atoms with Crippen molar-refractivity contribution in [2.45, 2.75) is 24.9 Å². The Morgan fingerprint density at radius 1 is 1.10 bits per heavy atom. The van der Waals surface area contributed by atoms with Gasteiger partial charge in [-0.1, -0.05) is 59.1 Å². The molecule has 0 spiro atoms. The number of urea groups is 1. The van der Waals surface area contributed by atoms with Gasteiger partial charge in [-0.3, -0.25) is 4.79 Å². The number of benzene rings is 2. The molecular weight excluding hydrogens is 432 g/mol. The lowest BCUT2D eigenvalue weighted by molar-refractivity contribution is -0.287. The van der Waals surface area contributed by atoms with Crippen LogP contribution in [0.5, 0.6) is 0 Å². The number of rotatable bonds is 3. The zero-order valence-electron chi connectivity index (χ0n) is 14.8. The summed E-state index contributed by atoms with van der Waals surface area (Å²) in [5.74, 6) is -3.13. The van der Waals surface area contributed by atoms with Crippen molar-refractivity contribution in [2.24, 2.45) is 5.92 Å². The van der Waals surface area contributed by atoms with Crippen LogP contribution in [-0.4, -0.2) is 28.8 Å². The summed E-state index contributed by atoms with van der Waals surface area (Å²) in [6.07, 6.45) is -5.33. The molecule has 1 heterocycles. The Hall–Kier alpha value is -2.29. The van der Waals surface area contributed by atoms with Gasteiger partial charge >= 0.3 is 12.2 Å². The van der Waals surface area contributed by atoms with Crippen molar-refractivity contribution in [3.05, 3.63) is 69.2 Å². The third-order valence-corrected chi connectivity index (χ3v) is 5.47. The van der Waals surface area contributed by atoms with Gasteiger partial charge in [-0.05, 0) is 24.6 Å². The van der Waals surface area contributed by atoms with Gasteiger partial charge in [-0.2, -0.15) is 13.2 Å². The zero-order valence-corrected chi connectivity index (χ0v) is 16.4. The van der Waals surface area contributed by atoms with Crippen LogP contribution in [0.3, 0.4) is 0 Å². The summed E-state index contributed by atoms with van der Waals surface area (Å²) in [6, 6.07) is 6.93. The van der Waals surface area contributed by atoms with Crippen LogP contribution in [0.25, 0.3) is 0 Å². The van der Waals surface area contributed by atoms with Crippen molar-refractivity contribution in [1.29, 1.82) is 0 Å². The average molecular weight is 447 g/mol. The fourth-order valence-corrected chi connectivity index (χ4v) is 3.53. The molecule has 3 N–H and O–H groups in total. The predicted octanol–water partition coefficient (Wildman–Crippen LogP) is 4.41. The largest absolute Gasteiger partial charge is 0.437 e. The fourth-order valence-electron chi connectivity index (χ4n) is 3.22. The minimum absolute atomic E-state index is 0.0223. The summed E-state index contributed by atoms with van der Waals surface area (Å²) in [4.78, 5) is 25.1. The summed E-state index contributed by atoms with van der Waals surface area (Å²) in [5.41, 5.74) is -2.97. The molecule has 0 bridgehead atoms. The van der Waals surface area contributed by atoms with E-state index in [2.05, 4.69) is 5.32 Å². The van der Waals surface area contributed by atoms with E-state index in [0.717, 1.165) is 5.56 Å². The Morgan fingerprint density at radius 3 is 2.28 bits per heavy atom. The van der Waals surface area contributed by atoms with Gasteiger partial charge < -0.3 is 15.7 Å². The van der Waals surface area contributed by atoms with Crippen molar-refractivity contribution in [1.82, 2.24) is 10.6 Å². The summed E-state index contributed by atoms with van der Waals surface area (Å²) in [5, 5.41) is 14.4. The molecule has 2 amide bonds. The second-order valence-corrected chi connectivity index (χ2v) is 7.54. The van der Waals surface area contributed by atoms with Gasteiger partial charge in [-0.15, -0.1) is 0 Å². The Labute approximate surface area is 173 Å². The van der Waals surface area contributed by atoms with Crippen LogP contribution in [0.1, 0.15) is 27.5 Å². The molecule has 1 aliphatic heterocycles. The first-order chi connectivity index (χ1) is 13.4. The van der Waals surface area contributed by atoms with Crippen LogP contribution in [0, 0.1) is 12.8 Å². The van der Waals surface area contributed by atoms with Gasteiger partial charge in [-0.25, -0.2) is 4.79 Å². The lowest BCUT2D eigenvalue weighted by atomic mass is 9.77. The number of nitrogens with one attached hydrogen (secondary N) is 2. The topological polar surface area (TPSA) is 78.4 Å². The maximum Gasteiger partial charge on any atom is 0.437 e. The number of carbonyl (C=O) groups excluding carboxylic acids is 2. The molecule has 154 valence electrons. The second kappa shape index (κ2) is 7.51. The number of alkyl halides is 3. The van der Waals surface area contributed by atoms with E-state index in [4.69, 9.17) is 23.2 Å². The average Bonchev–Trinajstić information content (AvgIpc) is 2.62. The lowest BCUT2D eigenvalue weighted by Gasteiger charge is -2.45. The van der Waals surface area contributed by atoms with Gasteiger partial charge in [0.05, 0.1) is 16.1 Å². The molecule has 3 rings (SSSR count). The maximum absolute atomic E-state index is 13.8. The lowest BCUT2D eigenvalue weighted by Crippen LogP contribution is -2.72. The van der Waals surface area contributed by atoms with Crippen LogP contribution in [-0.2, 0) is 0 Å². The molecule has 1 fully saturated rings. The first-order valence-corrected chi connectivity index (χ1v) is 9.13. The van der Waals surface area contributed by atoms with E-state index in [0.29, 0.717) is 0 Å². The Kier molecular flexibility index (Phi) is 5.55. The SMILES string of the molecule is Cc1ccc(C(=O)C2C(c3ccc(Cl)c(Cl)c3)NC(=O)NC2(O)C(F)(F)F)cc1. The quantitative estimate of drug-likeness (QED) is 0.611. The van der Waals surface area contributed by atoms with Gasteiger partial charge in [0, 0.05) is 5.56 Å². The number of aliphatic hydroxyl groups is 1. The van der Waals surface area contributed by atoms with Crippen LogP contribution >= 0.6 is 23.2 Å². The molecule has 5 nitrogen and oxygen atoms in total. The molecule has 3 atom stereocenters. The molecule has 3 unspecified atom stereocenters. The number of carbonyl (C=O) groups is 2.